The van der Waals surface area contributed by atoms with Crippen LogP contribution in [0.15, 0.2) is 29.2 Å². The molecule has 0 unspecified atom stereocenters. The Hall–Kier alpha value is -1.28. The highest BCUT2D eigenvalue weighted by atomic mass is 32.2. The lowest BCUT2D eigenvalue weighted by atomic mass is 9.90. The maximum Gasteiger partial charge on any atom is 0.401 e. The van der Waals surface area contributed by atoms with Crippen molar-refractivity contribution in [3.05, 3.63) is 24.3 Å². The number of ether oxygens (including phenoxy) is 1. The zero-order valence-corrected chi connectivity index (χ0v) is 16.2. The number of likely N-dealkylation sites (tertiary alicyclic amines) is 1. The van der Waals surface area contributed by atoms with Crippen molar-refractivity contribution >= 4 is 9.84 Å². The van der Waals surface area contributed by atoms with Gasteiger partial charge >= 0.3 is 6.18 Å². The lowest BCUT2D eigenvalue weighted by Gasteiger charge is -2.32. The molecule has 1 saturated heterocycles. The minimum Gasteiger partial charge on any atom is -0.494 e. The van der Waals surface area contributed by atoms with Crippen molar-refractivity contribution in [2.45, 2.75) is 36.8 Å². The van der Waals surface area contributed by atoms with Crippen LogP contribution in [-0.2, 0) is 9.84 Å². The molecule has 4 nitrogen and oxygen atoms in total. The van der Waals surface area contributed by atoms with Crippen molar-refractivity contribution < 1.29 is 26.3 Å². The number of piperidine rings is 1. The summed E-state index contributed by atoms with van der Waals surface area (Å²) in [4.78, 5) is 1.78. The van der Waals surface area contributed by atoms with Crippen LogP contribution in [0.3, 0.4) is 0 Å². The maximum atomic E-state index is 12.4. The Kier molecular flexibility index (Phi) is 6.05. The van der Waals surface area contributed by atoms with Gasteiger partial charge in [0.1, 0.15) is 5.75 Å². The van der Waals surface area contributed by atoms with Crippen molar-refractivity contribution in [2.75, 3.05) is 32.5 Å². The van der Waals surface area contributed by atoms with Gasteiger partial charge in [0, 0.05) is 6.26 Å². The van der Waals surface area contributed by atoms with Gasteiger partial charge < -0.3 is 4.74 Å². The molecule has 1 aliphatic carbocycles. The Morgan fingerprint density at radius 3 is 2.33 bits per heavy atom. The topological polar surface area (TPSA) is 46.6 Å². The summed E-state index contributed by atoms with van der Waals surface area (Å²) in [6, 6.07) is 6.41. The van der Waals surface area contributed by atoms with Crippen molar-refractivity contribution in [3.8, 4) is 5.75 Å². The number of rotatable bonds is 7. The average Bonchev–Trinajstić information content (AvgIpc) is 3.33. The molecular formula is C19H26F3NO3S. The second-order valence-corrected chi connectivity index (χ2v) is 9.78. The van der Waals surface area contributed by atoms with Crippen molar-refractivity contribution in [1.29, 1.82) is 0 Å². The Labute approximate surface area is 158 Å². The van der Waals surface area contributed by atoms with E-state index in [1.165, 1.54) is 11.2 Å². The number of benzene rings is 1. The van der Waals surface area contributed by atoms with E-state index in [0.717, 1.165) is 25.7 Å². The van der Waals surface area contributed by atoms with Gasteiger partial charge in [0.25, 0.3) is 0 Å². The summed E-state index contributed by atoms with van der Waals surface area (Å²) in [5.41, 5.74) is 0. The van der Waals surface area contributed by atoms with Crippen molar-refractivity contribution in [3.63, 3.8) is 0 Å². The molecule has 2 atom stereocenters. The van der Waals surface area contributed by atoms with E-state index in [-0.39, 0.29) is 4.90 Å². The van der Waals surface area contributed by atoms with Crippen LogP contribution in [-0.4, -0.2) is 52.0 Å². The minimum absolute atomic E-state index is 0.272. The van der Waals surface area contributed by atoms with Crippen LogP contribution in [0.1, 0.15) is 25.7 Å². The van der Waals surface area contributed by atoms with Gasteiger partial charge in [-0.15, -0.1) is 0 Å². The fourth-order valence-corrected chi connectivity index (χ4v) is 4.71. The van der Waals surface area contributed by atoms with E-state index in [4.69, 9.17) is 4.74 Å². The Balaban J connectivity index is 1.35. The third-order valence-corrected chi connectivity index (χ3v) is 6.76. The zero-order chi connectivity index (χ0) is 19.7. The van der Waals surface area contributed by atoms with Crippen LogP contribution in [0.25, 0.3) is 0 Å². The third kappa shape index (κ3) is 6.10. The Bertz CT molecular complexity index is 726. The summed E-state index contributed by atoms with van der Waals surface area (Å²) >= 11 is 0. The molecule has 1 saturated carbocycles. The summed E-state index contributed by atoms with van der Waals surface area (Å²) < 4.78 is 65.9. The molecular weight excluding hydrogens is 379 g/mol. The van der Waals surface area contributed by atoms with Crippen molar-refractivity contribution in [2.24, 2.45) is 17.8 Å². The lowest BCUT2D eigenvalue weighted by molar-refractivity contribution is -0.148. The van der Waals surface area contributed by atoms with E-state index >= 15 is 0 Å². The molecule has 0 spiro atoms. The first kappa shape index (κ1) is 20.5. The molecule has 1 aliphatic heterocycles. The van der Waals surface area contributed by atoms with E-state index < -0.39 is 22.6 Å². The molecule has 0 amide bonds. The molecule has 8 heteroatoms. The molecule has 0 radical (unpaired) electrons. The van der Waals surface area contributed by atoms with E-state index in [2.05, 4.69) is 0 Å². The van der Waals surface area contributed by atoms with Crippen LogP contribution >= 0.6 is 0 Å². The molecule has 3 rings (SSSR count). The van der Waals surface area contributed by atoms with E-state index in [1.54, 1.807) is 24.3 Å². The monoisotopic (exact) mass is 405 g/mol. The lowest BCUT2D eigenvalue weighted by Crippen LogP contribution is -2.40. The number of sulfone groups is 1. The molecule has 152 valence electrons. The van der Waals surface area contributed by atoms with E-state index in [0.29, 0.717) is 43.2 Å². The van der Waals surface area contributed by atoms with Gasteiger partial charge in [0.05, 0.1) is 18.0 Å². The van der Waals surface area contributed by atoms with Crippen LogP contribution in [0.5, 0.6) is 5.75 Å². The highest BCUT2D eigenvalue weighted by Crippen LogP contribution is 2.49. The molecule has 2 aliphatic rings. The van der Waals surface area contributed by atoms with E-state index in [1.807, 2.05) is 0 Å². The molecule has 2 fully saturated rings. The largest absolute Gasteiger partial charge is 0.494 e. The van der Waals surface area contributed by atoms with Crippen LogP contribution in [0.2, 0.25) is 0 Å². The predicted molar refractivity (Wildman–Crippen MR) is 96.5 cm³/mol. The van der Waals surface area contributed by atoms with Crippen molar-refractivity contribution in [1.82, 2.24) is 4.90 Å². The highest BCUT2D eigenvalue weighted by Gasteiger charge is 2.43. The summed E-state index contributed by atoms with van der Waals surface area (Å²) in [6.07, 6.45) is 0.840. The molecule has 0 bridgehead atoms. The third-order valence-electron chi connectivity index (χ3n) is 5.63. The quantitative estimate of drug-likeness (QED) is 0.693. The molecule has 27 heavy (non-hydrogen) atoms. The second kappa shape index (κ2) is 7.99. The number of hydrogen-bond acceptors (Lipinski definition) is 4. The van der Waals surface area contributed by atoms with Crippen LogP contribution < -0.4 is 4.74 Å². The minimum atomic E-state index is -4.11. The summed E-state index contributed by atoms with van der Waals surface area (Å²) in [6.45, 7) is 0.860. The Morgan fingerprint density at radius 2 is 1.78 bits per heavy atom. The second-order valence-electron chi connectivity index (χ2n) is 7.77. The maximum absolute atomic E-state index is 12.4. The summed E-state index contributed by atoms with van der Waals surface area (Å²) in [5, 5.41) is 0. The van der Waals surface area contributed by atoms with Gasteiger partial charge in [0.2, 0.25) is 0 Å². The molecule has 0 aromatic heterocycles. The van der Waals surface area contributed by atoms with E-state index in [9.17, 15) is 21.6 Å². The van der Waals surface area contributed by atoms with Gasteiger partial charge in [-0.1, -0.05) is 0 Å². The average molecular weight is 405 g/mol. The highest BCUT2D eigenvalue weighted by molar-refractivity contribution is 7.90. The molecule has 1 aromatic carbocycles. The SMILES string of the molecule is CS(=O)(=O)c1ccc(OCC[C@@H]2C[C@@H]2C2CCN(CC(F)(F)F)CC2)cc1. The molecule has 0 N–H and O–H groups in total. The number of hydrogen-bond donors (Lipinski definition) is 0. The predicted octanol–water partition coefficient (Wildman–Crippen LogP) is 3.77. The number of alkyl halides is 3. The standard InChI is InChI=1S/C19H26F3NO3S/c1-27(24,25)17-4-2-16(3-5-17)26-11-8-15-12-18(15)14-6-9-23(10-7-14)13-19(20,21)22/h2-5,14-15,18H,6-13H2,1H3/t15-,18-/m1/s1. The zero-order valence-electron chi connectivity index (χ0n) is 15.4. The fraction of sp³-hybridized carbons (Fsp3) is 0.684. The first-order chi connectivity index (χ1) is 12.6. The van der Waals surface area contributed by atoms with Gasteiger partial charge in [-0.25, -0.2) is 8.42 Å². The normalized spacial score (nSPS) is 24.7. The van der Waals surface area contributed by atoms with Crippen LogP contribution in [0, 0.1) is 17.8 Å². The summed E-state index contributed by atoms with van der Waals surface area (Å²) in [5.74, 6) is 2.40. The van der Waals surface area contributed by atoms with Gasteiger partial charge in [0.15, 0.2) is 9.84 Å². The molecule has 1 aromatic rings. The first-order valence-electron chi connectivity index (χ1n) is 9.34. The van der Waals surface area contributed by atoms with Gasteiger partial charge in [-0.3, -0.25) is 4.90 Å². The molecule has 1 heterocycles. The number of halogens is 3. The number of nitrogens with zero attached hydrogens (tertiary/aromatic N) is 1. The van der Waals surface area contributed by atoms with Gasteiger partial charge in [-0.2, -0.15) is 13.2 Å². The fourth-order valence-electron chi connectivity index (χ4n) is 4.08. The first-order valence-corrected chi connectivity index (χ1v) is 11.2. The summed E-state index contributed by atoms with van der Waals surface area (Å²) in [7, 11) is -3.20. The Morgan fingerprint density at radius 1 is 1.15 bits per heavy atom. The van der Waals surface area contributed by atoms with Gasteiger partial charge in [-0.05, 0) is 80.8 Å². The smallest absolute Gasteiger partial charge is 0.401 e. The van der Waals surface area contributed by atoms with Crippen LogP contribution in [0.4, 0.5) is 13.2 Å².